The van der Waals surface area contributed by atoms with Gasteiger partial charge in [0.15, 0.2) is 0 Å². The summed E-state index contributed by atoms with van der Waals surface area (Å²) in [6.45, 7) is 0.780. The van der Waals surface area contributed by atoms with Gasteiger partial charge >= 0.3 is 0 Å². The number of hydrogen-bond donors (Lipinski definition) is 3. The minimum Gasteiger partial charge on any atom is -0.370 e. The van der Waals surface area contributed by atoms with Crippen molar-refractivity contribution in [2.75, 3.05) is 17.3 Å². The number of nitrogens with zero attached hydrogens (tertiary/aromatic N) is 3. The molecule has 0 bridgehead atoms. The van der Waals surface area contributed by atoms with Crippen LogP contribution in [0.25, 0.3) is 0 Å². The molecular formula is C14H18N6. The molecule has 0 aromatic carbocycles. The summed E-state index contributed by atoms with van der Waals surface area (Å²) >= 11 is 0. The number of rotatable bonds is 6. The molecule has 0 saturated heterocycles. The molecule has 1 fully saturated rings. The van der Waals surface area contributed by atoms with Crippen molar-refractivity contribution >= 4 is 11.6 Å². The predicted octanol–water partition coefficient (Wildman–Crippen LogP) is 1.69. The molecule has 0 unspecified atom stereocenters. The van der Waals surface area contributed by atoms with E-state index in [-0.39, 0.29) is 0 Å². The van der Waals surface area contributed by atoms with E-state index < -0.39 is 0 Å². The second-order valence-corrected chi connectivity index (χ2v) is 4.91. The first-order valence-corrected chi connectivity index (χ1v) is 6.84. The molecule has 104 valence electrons. The zero-order chi connectivity index (χ0) is 13.8. The Morgan fingerprint density at radius 2 is 2.05 bits per heavy atom. The minimum atomic E-state index is 0.500. The fraction of sp³-hybridized carbons (Fsp3) is 0.357. The average molecular weight is 270 g/mol. The van der Waals surface area contributed by atoms with Crippen LogP contribution in [0.5, 0.6) is 0 Å². The second-order valence-electron chi connectivity index (χ2n) is 4.91. The number of pyridine rings is 1. The molecule has 0 amide bonds. The van der Waals surface area contributed by atoms with Crippen molar-refractivity contribution in [3.05, 3.63) is 42.0 Å². The van der Waals surface area contributed by atoms with E-state index in [1.807, 2.05) is 30.5 Å². The molecule has 20 heavy (non-hydrogen) atoms. The lowest BCUT2D eigenvalue weighted by Crippen LogP contribution is -2.13. The highest BCUT2D eigenvalue weighted by molar-refractivity contribution is 5.47. The van der Waals surface area contributed by atoms with E-state index in [2.05, 4.69) is 25.7 Å². The number of nitrogens with two attached hydrogens (primary N) is 1. The Hall–Kier alpha value is -2.21. The van der Waals surface area contributed by atoms with Crippen LogP contribution in [0.4, 0.5) is 11.6 Å². The van der Waals surface area contributed by atoms with Crippen LogP contribution in [0, 0.1) is 0 Å². The molecule has 1 saturated carbocycles. The maximum Gasteiger partial charge on any atom is 0.145 e. The van der Waals surface area contributed by atoms with Gasteiger partial charge in [0, 0.05) is 36.8 Å². The topological polar surface area (TPSA) is 88.8 Å². The van der Waals surface area contributed by atoms with Crippen LogP contribution in [0.2, 0.25) is 0 Å². The Morgan fingerprint density at radius 3 is 2.75 bits per heavy atom. The van der Waals surface area contributed by atoms with Crippen molar-refractivity contribution in [2.45, 2.75) is 25.2 Å². The summed E-state index contributed by atoms with van der Waals surface area (Å²) in [5.41, 5.74) is 3.66. The fourth-order valence-corrected chi connectivity index (χ4v) is 2.02. The first-order chi connectivity index (χ1) is 9.85. The van der Waals surface area contributed by atoms with Crippen molar-refractivity contribution in [3.63, 3.8) is 0 Å². The zero-order valence-electron chi connectivity index (χ0n) is 11.2. The number of nitrogen functional groups attached to an aromatic ring is 1. The molecule has 0 aliphatic heterocycles. The van der Waals surface area contributed by atoms with Gasteiger partial charge in [-0.3, -0.25) is 4.98 Å². The van der Waals surface area contributed by atoms with E-state index >= 15 is 0 Å². The smallest absolute Gasteiger partial charge is 0.145 e. The molecule has 2 aromatic heterocycles. The van der Waals surface area contributed by atoms with Crippen LogP contribution in [0.3, 0.4) is 0 Å². The van der Waals surface area contributed by atoms with Crippen molar-refractivity contribution < 1.29 is 0 Å². The lowest BCUT2D eigenvalue weighted by molar-refractivity contribution is 0.906. The molecule has 2 heterocycles. The Morgan fingerprint density at radius 1 is 1.20 bits per heavy atom. The maximum absolute atomic E-state index is 5.45. The second kappa shape index (κ2) is 5.83. The van der Waals surface area contributed by atoms with Gasteiger partial charge in [0.2, 0.25) is 0 Å². The van der Waals surface area contributed by atoms with Crippen molar-refractivity contribution in [1.29, 1.82) is 0 Å². The van der Waals surface area contributed by atoms with Crippen LogP contribution < -0.4 is 16.6 Å². The molecule has 1 aliphatic rings. The molecular weight excluding hydrogens is 252 g/mol. The average Bonchev–Trinajstić information content (AvgIpc) is 3.33. The summed E-state index contributed by atoms with van der Waals surface area (Å²) in [4.78, 5) is 13.2. The highest BCUT2D eigenvalue weighted by Crippen LogP contribution is 2.38. The molecule has 4 N–H and O–H groups in total. The number of hydrazine groups is 1. The Kier molecular flexibility index (Phi) is 3.73. The lowest BCUT2D eigenvalue weighted by atomic mass is 10.3. The lowest BCUT2D eigenvalue weighted by Gasteiger charge is -2.09. The van der Waals surface area contributed by atoms with Crippen LogP contribution in [-0.2, 0) is 6.42 Å². The quantitative estimate of drug-likeness (QED) is 0.547. The number of aromatic nitrogens is 3. The summed E-state index contributed by atoms with van der Waals surface area (Å²) in [6.07, 6.45) is 5.00. The highest BCUT2D eigenvalue weighted by atomic mass is 15.3. The number of nitrogens with one attached hydrogen (secondary N) is 2. The zero-order valence-corrected chi connectivity index (χ0v) is 11.2. The van der Waals surface area contributed by atoms with E-state index in [9.17, 15) is 0 Å². The summed E-state index contributed by atoms with van der Waals surface area (Å²) in [6, 6.07) is 7.76. The molecule has 6 heteroatoms. The predicted molar refractivity (Wildman–Crippen MR) is 78.2 cm³/mol. The number of hydrogen-bond acceptors (Lipinski definition) is 6. The van der Waals surface area contributed by atoms with Crippen molar-refractivity contribution in [3.8, 4) is 0 Å². The van der Waals surface area contributed by atoms with Gasteiger partial charge < -0.3 is 10.7 Å². The van der Waals surface area contributed by atoms with Crippen LogP contribution >= 0.6 is 0 Å². The summed E-state index contributed by atoms with van der Waals surface area (Å²) in [5.74, 6) is 8.29. The highest BCUT2D eigenvalue weighted by Gasteiger charge is 2.27. The van der Waals surface area contributed by atoms with Crippen molar-refractivity contribution in [2.24, 2.45) is 5.84 Å². The monoisotopic (exact) mass is 270 g/mol. The van der Waals surface area contributed by atoms with Gasteiger partial charge in [-0.2, -0.15) is 0 Å². The first-order valence-electron chi connectivity index (χ1n) is 6.84. The third-order valence-corrected chi connectivity index (χ3v) is 3.25. The normalized spacial score (nSPS) is 14.1. The Balaban J connectivity index is 1.63. The molecule has 0 radical (unpaired) electrons. The molecule has 0 atom stereocenters. The standard InChI is InChI=1S/C14H18N6/c15-20-13-9-12(18-14(19-13)10-4-5-10)17-8-6-11-3-1-2-7-16-11/h1-3,7,9-10H,4-6,8,15H2,(H2,17,18,19,20). The van der Waals surface area contributed by atoms with Gasteiger partial charge in [0.1, 0.15) is 17.5 Å². The van der Waals surface area contributed by atoms with Gasteiger partial charge in [-0.1, -0.05) is 6.07 Å². The van der Waals surface area contributed by atoms with Gasteiger partial charge in [-0.25, -0.2) is 15.8 Å². The van der Waals surface area contributed by atoms with E-state index in [4.69, 9.17) is 5.84 Å². The van der Waals surface area contributed by atoms with Crippen LogP contribution in [0.1, 0.15) is 30.3 Å². The third-order valence-electron chi connectivity index (χ3n) is 3.25. The largest absolute Gasteiger partial charge is 0.370 e. The third kappa shape index (κ3) is 3.21. The molecule has 1 aliphatic carbocycles. The maximum atomic E-state index is 5.45. The minimum absolute atomic E-state index is 0.500. The Labute approximate surface area is 117 Å². The van der Waals surface area contributed by atoms with Gasteiger partial charge in [0.05, 0.1) is 0 Å². The van der Waals surface area contributed by atoms with E-state index in [1.54, 1.807) is 0 Å². The van der Waals surface area contributed by atoms with Crippen molar-refractivity contribution in [1.82, 2.24) is 15.0 Å². The first kappa shape index (κ1) is 12.8. The van der Waals surface area contributed by atoms with Gasteiger partial charge in [-0.05, 0) is 25.0 Å². The molecule has 0 spiro atoms. The SMILES string of the molecule is NNc1cc(NCCc2ccccn2)nc(C2CC2)n1. The van der Waals surface area contributed by atoms with Gasteiger partial charge in [-0.15, -0.1) is 0 Å². The van der Waals surface area contributed by atoms with Gasteiger partial charge in [0.25, 0.3) is 0 Å². The van der Waals surface area contributed by atoms with Crippen LogP contribution in [-0.4, -0.2) is 21.5 Å². The number of anilines is 2. The van der Waals surface area contributed by atoms with Crippen LogP contribution in [0.15, 0.2) is 30.5 Å². The van der Waals surface area contributed by atoms with E-state index in [0.717, 1.165) is 30.3 Å². The van der Waals surface area contributed by atoms with E-state index in [0.29, 0.717) is 11.7 Å². The Bertz CT molecular complexity index is 567. The summed E-state index contributed by atoms with van der Waals surface area (Å²) in [7, 11) is 0. The van der Waals surface area contributed by atoms with E-state index in [1.165, 1.54) is 12.8 Å². The fourth-order valence-electron chi connectivity index (χ4n) is 2.02. The summed E-state index contributed by atoms with van der Waals surface area (Å²) in [5, 5.41) is 3.30. The molecule has 2 aromatic rings. The molecule has 6 nitrogen and oxygen atoms in total. The molecule has 3 rings (SSSR count). The summed E-state index contributed by atoms with van der Waals surface area (Å²) < 4.78 is 0.